The van der Waals surface area contributed by atoms with Crippen molar-refractivity contribution in [1.29, 1.82) is 0 Å². The van der Waals surface area contributed by atoms with Crippen LogP contribution in [0.25, 0.3) is 0 Å². The zero-order valence-corrected chi connectivity index (χ0v) is 15.1. The molecule has 1 amide bonds. The van der Waals surface area contributed by atoms with E-state index in [1.165, 1.54) is 11.1 Å². The van der Waals surface area contributed by atoms with Gasteiger partial charge in [-0.25, -0.2) is 4.98 Å². The van der Waals surface area contributed by atoms with Gasteiger partial charge in [-0.2, -0.15) is 0 Å². The van der Waals surface area contributed by atoms with Gasteiger partial charge in [0.1, 0.15) is 0 Å². The molecule has 0 aliphatic carbocycles. The molecule has 0 saturated heterocycles. The quantitative estimate of drug-likeness (QED) is 0.641. The number of amides is 1. The van der Waals surface area contributed by atoms with Crippen LogP contribution in [0.4, 0.5) is 5.69 Å². The largest absolute Gasteiger partial charge is 0.322 e. The third-order valence-electron chi connectivity index (χ3n) is 3.87. The van der Waals surface area contributed by atoms with Gasteiger partial charge < -0.3 is 5.32 Å². The molecule has 1 N–H and O–H groups in total. The van der Waals surface area contributed by atoms with Crippen LogP contribution in [0, 0.1) is 13.8 Å². The van der Waals surface area contributed by atoms with E-state index in [1.54, 1.807) is 18.0 Å². The number of aromatic nitrogens is 1. The summed E-state index contributed by atoms with van der Waals surface area (Å²) in [5.74, 6) is 0.742. The van der Waals surface area contributed by atoms with E-state index in [9.17, 15) is 4.79 Å². The summed E-state index contributed by atoms with van der Waals surface area (Å²) in [4.78, 5) is 16.7. The van der Waals surface area contributed by atoms with E-state index in [4.69, 9.17) is 0 Å². The van der Waals surface area contributed by atoms with Gasteiger partial charge in [-0.15, -0.1) is 11.8 Å². The third kappa shape index (κ3) is 4.70. The first-order valence-corrected chi connectivity index (χ1v) is 9.12. The number of aryl methyl sites for hydroxylation is 2. The molecule has 0 unspecified atom stereocenters. The number of rotatable bonds is 5. The molecular weight excluding hydrogens is 328 g/mol. The highest BCUT2D eigenvalue weighted by molar-refractivity contribution is 7.98. The van der Waals surface area contributed by atoms with Gasteiger partial charge in [-0.05, 0) is 55.3 Å². The van der Waals surface area contributed by atoms with Crippen LogP contribution in [0.5, 0.6) is 0 Å². The van der Waals surface area contributed by atoms with Crippen molar-refractivity contribution in [1.82, 2.24) is 4.98 Å². The monoisotopic (exact) mass is 348 g/mol. The smallest absolute Gasteiger partial charge is 0.255 e. The Morgan fingerprint density at radius 1 is 1.04 bits per heavy atom. The lowest BCUT2D eigenvalue weighted by Crippen LogP contribution is -2.12. The Kier molecular flexibility index (Phi) is 5.51. The number of pyridine rings is 1. The molecule has 0 fully saturated rings. The van der Waals surface area contributed by atoms with Gasteiger partial charge in [0.05, 0.1) is 5.03 Å². The van der Waals surface area contributed by atoms with Crippen LogP contribution in [-0.2, 0) is 5.75 Å². The second-order valence-electron chi connectivity index (χ2n) is 5.93. The van der Waals surface area contributed by atoms with E-state index in [1.807, 2.05) is 68.4 Å². The molecule has 3 rings (SSSR count). The fraction of sp³-hybridized carbons (Fsp3) is 0.143. The summed E-state index contributed by atoms with van der Waals surface area (Å²) in [6.07, 6.45) is 1.79. The maximum Gasteiger partial charge on any atom is 0.255 e. The van der Waals surface area contributed by atoms with Gasteiger partial charge in [0.15, 0.2) is 0 Å². The van der Waals surface area contributed by atoms with Crippen LogP contribution < -0.4 is 5.32 Å². The number of benzene rings is 2. The summed E-state index contributed by atoms with van der Waals surface area (Å²) in [5.41, 5.74) is 4.93. The highest BCUT2D eigenvalue weighted by Crippen LogP contribution is 2.21. The lowest BCUT2D eigenvalue weighted by molar-refractivity contribution is 0.102. The van der Waals surface area contributed by atoms with Gasteiger partial charge in [0.25, 0.3) is 5.91 Å². The summed E-state index contributed by atoms with van der Waals surface area (Å²) in [6.45, 7) is 4.04. The molecular formula is C21H20N2OS. The SMILES string of the molecule is Cc1ccc(NC(=O)c2ccc(CSc3ccccn3)cc2)c(C)c1. The van der Waals surface area contributed by atoms with Crippen LogP contribution in [0.2, 0.25) is 0 Å². The van der Waals surface area contributed by atoms with E-state index < -0.39 is 0 Å². The molecule has 2 aromatic carbocycles. The van der Waals surface area contributed by atoms with Crippen molar-refractivity contribution >= 4 is 23.4 Å². The van der Waals surface area contributed by atoms with Gasteiger partial charge in [0.2, 0.25) is 0 Å². The number of anilines is 1. The number of nitrogens with zero attached hydrogens (tertiary/aromatic N) is 1. The lowest BCUT2D eigenvalue weighted by atomic mass is 10.1. The Labute approximate surface area is 152 Å². The van der Waals surface area contributed by atoms with Crippen LogP contribution in [0.3, 0.4) is 0 Å². The average molecular weight is 348 g/mol. The topological polar surface area (TPSA) is 42.0 Å². The van der Waals surface area contributed by atoms with E-state index in [0.29, 0.717) is 5.56 Å². The number of carbonyl (C=O) groups is 1. The molecule has 0 atom stereocenters. The maximum atomic E-state index is 12.4. The normalized spacial score (nSPS) is 10.5. The molecule has 0 bridgehead atoms. The van der Waals surface area contributed by atoms with Gasteiger partial charge in [0, 0.05) is 23.2 Å². The first kappa shape index (κ1) is 17.2. The molecule has 0 aliphatic rings. The second-order valence-corrected chi connectivity index (χ2v) is 6.92. The number of nitrogens with one attached hydrogen (secondary N) is 1. The Bertz CT molecular complexity index is 861. The molecule has 1 heterocycles. The Hall–Kier alpha value is -2.59. The number of carbonyl (C=O) groups excluding carboxylic acids is 1. The van der Waals surface area contributed by atoms with Gasteiger partial charge in [-0.1, -0.05) is 35.9 Å². The molecule has 0 aliphatic heterocycles. The zero-order chi connectivity index (χ0) is 17.6. The molecule has 126 valence electrons. The second kappa shape index (κ2) is 7.99. The van der Waals surface area contributed by atoms with E-state index in [-0.39, 0.29) is 5.91 Å². The third-order valence-corrected chi connectivity index (χ3v) is 4.89. The number of hydrogen-bond acceptors (Lipinski definition) is 3. The van der Waals surface area contributed by atoms with Crippen molar-refractivity contribution in [2.24, 2.45) is 0 Å². The number of thioether (sulfide) groups is 1. The molecule has 3 aromatic rings. The van der Waals surface area contributed by atoms with Crippen molar-refractivity contribution in [3.8, 4) is 0 Å². The summed E-state index contributed by atoms with van der Waals surface area (Å²) in [7, 11) is 0. The minimum Gasteiger partial charge on any atom is -0.322 e. The van der Waals surface area contributed by atoms with E-state index >= 15 is 0 Å². The fourth-order valence-electron chi connectivity index (χ4n) is 2.49. The minimum absolute atomic E-state index is 0.0871. The average Bonchev–Trinajstić information content (AvgIpc) is 2.63. The summed E-state index contributed by atoms with van der Waals surface area (Å²) in [5, 5.41) is 3.98. The Morgan fingerprint density at radius 2 is 1.84 bits per heavy atom. The van der Waals surface area contributed by atoms with Crippen molar-refractivity contribution in [3.05, 3.63) is 89.1 Å². The lowest BCUT2D eigenvalue weighted by Gasteiger charge is -2.09. The highest BCUT2D eigenvalue weighted by Gasteiger charge is 2.08. The first-order chi connectivity index (χ1) is 12.1. The Morgan fingerprint density at radius 3 is 2.52 bits per heavy atom. The van der Waals surface area contributed by atoms with Crippen LogP contribution in [-0.4, -0.2) is 10.9 Å². The van der Waals surface area contributed by atoms with Crippen LogP contribution in [0.15, 0.2) is 71.9 Å². The fourth-order valence-corrected chi connectivity index (χ4v) is 3.31. The summed E-state index contributed by atoms with van der Waals surface area (Å²) < 4.78 is 0. The minimum atomic E-state index is -0.0871. The molecule has 1 aromatic heterocycles. The Balaban J connectivity index is 1.62. The number of hydrogen-bond donors (Lipinski definition) is 1. The highest BCUT2D eigenvalue weighted by atomic mass is 32.2. The molecule has 0 saturated carbocycles. The van der Waals surface area contributed by atoms with Crippen molar-refractivity contribution in [2.75, 3.05) is 5.32 Å². The first-order valence-electron chi connectivity index (χ1n) is 8.13. The summed E-state index contributed by atoms with van der Waals surface area (Å²) >= 11 is 1.68. The molecule has 25 heavy (non-hydrogen) atoms. The molecule has 0 radical (unpaired) electrons. The predicted octanol–water partition coefficient (Wildman–Crippen LogP) is 5.24. The van der Waals surface area contributed by atoms with Crippen molar-refractivity contribution in [3.63, 3.8) is 0 Å². The maximum absolute atomic E-state index is 12.4. The van der Waals surface area contributed by atoms with E-state index in [2.05, 4.69) is 16.4 Å². The van der Waals surface area contributed by atoms with E-state index in [0.717, 1.165) is 22.0 Å². The predicted molar refractivity (Wildman–Crippen MR) is 104 cm³/mol. The van der Waals surface area contributed by atoms with Crippen molar-refractivity contribution in [2.45, 2.75) is 24.6 Å². The molecule has 0 spiro atoms. The summed E-state index contributed by atoms with van der Waals surface area (Å²) in [6, 6.07) is 19.6. The van der Waals surface area contributed by atoms with Gasteiger partial charge in [-0.3, -0.25) is 4.79 Å². The zero-order valence-electron chi connectivity index (χ0n) is 14.3. The molecule has 3 nitrogen and oxygen atoms in total. The van der Waals surface area contributed by atoms with Crippen molar-refractivity contribution < 1.29 is 4.79 Å². The molecule has 4 heteroatoms. The standard InChI is InChI=1S/C21H20N2OS/c1-15-6-11-19(16(2)13-15)23-21(24)18-9-7-17(8-10-18)14-25-20-5-3-4-12-22-20/h3-13H,14H2,1-2H3,(H,23,24). The van der Waals surface area contributed by atoms with Crippen LogP contribution >= 0.6 is 11.8 Å². The van der Waals surface area contributed by atoms with Gasteiger partial charge >= 0.3 is 0 Å². The van der Waals surface area contributed by atoms with Crippen LogP contribution in [0.1, 0.15) is 27.0 Å².